The lowest BCUT2D eigenvalue weighted by molar-refractivity contribution is 0.112. The summed E-state index contributed by atoms with van der Waals surface area (Å²) in [5, 5.41) is 0. The predicted octanol–water partition coefficient (Wildman–Crippen LogP) is 4.78. The lowest BCUT2D eigenvalue weighted by Crippen LogP contribution is -2.36. The van der Waals surface area contributed by atoms with E-state index in [0.717, 1.165) is 83.9 Å². The SMILES string of the molecule is Brc1ccc2ncc(N3CCOCC3)nc2c1.C.C.O=Cc1ccc2ncc(N3CCOCC3)nc2c1. The monoisotopic (exact) mass is 568 g/mol. The molecule has 196 valence electrons. The van der Waals surface area contributed by atoms with Gasteiger partial charge in [0.2, 0.25) is 0 Å². The summed E-state index contributed by atoms with van der Waals surface area (Å²) in [4.78, 5) is 33.1. The minimum absolute atomic E-state index is 0. The molecule has 2 fully saturated rings. The van der Waals surface area contributed by atoms with Gasteiger partial charge in [-0.3, -0.25) is 14.8 Å². The van der Waals surface area contributed by atoms with Crippen molar-refractivity contribution in [2.24, 2.45) is 0 Å². The van der Waals surface area contributed by atoms with E-state index < -0.39 is 0 Å². The normalized spacial score (nSPS) is 15.3. The Kier molecular flexibility index (Phi) is 10.2. The molecule has 2 aliphatic heterocycles. The maximum absolute atomic E-state index is 10.8. The first-order valence-electron chi connectivity index (χ1n) is 11.5. The second-order valence-electron chi connectivity index (χ2n) is 8.15. The average Bonchev–Trinajstić information content (AvgIpc) is 2.93. The number of morpholine rings is 2. The summed E-state index contributed by atoms with van der Waals surface area (Å²) >= 11 is 3.45. The van der Waals surface area contributed by atoms with E-state index in [2.05, 4.69) is 45.7 Å². The number of benzene rings is 2. The van der Waals surface area contributed by atoms with E-state index in [1.807, 2.05) is 30.5 Å². The van der Waals surface area contributed by atoms with Crippen molar-refractivity contribution < 1.29 is 14.3 Å². The van der Waals surface area contributed by atoms with Gasteiger partial charge in [-0.2, -0.15) is 0 Å². The molecule has 2 aliphatic rings. The van der Waals surface area contributed by atoms with Crippen LogP contribution in [0, 0.1) is 0 Å². The number of carbonyl (C=O) groups is 1. The highest BCUT2D eigenvalue weighted by atomic mass is 79.9. The van der Waals surface area contributed by atoms with E-state index >= 15 is 0 Å². The van der Waals surface area contributed by atoms with E-state index in [0.29, 0.717) is 18.8 Å². The Balaban J connectivity index is 0.000000195. The van der Waals surface area contributed by atoms with Gasteiger partial charge in [0.25, 0.3) is 0 Å². The van der Waals surface area contributed by atoms with E-state index in [9.17, 15) is 4.79 Å². The van der Waals surface area contributed by atoms with Gasteiger partial charge in [-0.05, 0) is 36.4 Å². The number of aldehydes is 1. The van der Waals surface area contributed by atoms with Gasteiger partial charge in [0.1, 0.15) is 17.9 Å². The number of rotatable bonds is 3. The number of fused-ring (bicyclic) bond motifs is 2. The van der Waals surface area contributed by atoms with Gasteiger partial charge in [0.15, 0.2) is 0 Å². The molecule has 6 rings (SSSR count). The fourth-order valence-electron chi connectivity index (χ4n) is 3.96. The van der Waals surface area contributed by atoms with Crippen LogP contribution in [0.3, 0.4) is 0 Å². The Morgan fingerprint density at radius 1 is 0.703 bits per heavy atom. The highest BCUT2D eigenvalue weighted by Crippen LogP contribution is 2.20. The number of ether oxygens (including phenoxy) is 2. The third kappa shape index (κ3) is 6.97. The molecule has 0 aliphatic carbocycles. The fourth-order valence-corrected chi connectivity index (χ4v) is 4.31. The van der Waals surface area contributed by atoms with Crippen LogP contribution in [0.5, 0.6) is 0 Å². The Hall–Kier alpha value is -3.21. The van der Waals surface area contributed by atoms with Gasteiger partial charge in [-0.25, -0.2) is 9.97 Å². The van der Waals surface area contributed by atoms with Gasteiger partial charge in [-0.1, -0.05) is 30.8 Å². The molecule has 10 heteroatoms. The second-order valence-corrected chi connectivity index (χ2v) is 9.07. The Bertz CT molecular complexity index is 1330. The van der Waals surface area contributed by atoms with Crippen LogP contribution >= 0.6 is 15.9 Å². The third-order valence-electron chi connectivity index (χ3n) is 5.85. The van der Waals surface area contributed by atoms with Crippen molar-refractivity contribution in [3.63, 3.8) is 0 Å². The second kappa shape index (κ2) is 13.4. The number of nitrogens with zero attached hydrogens (tertiary/aromatic N) is 6. The summed E-state index contributed by atoms with van der Waals surface area (Å²) in [5.41, 5.74) is 4.02. The molecule has 2 aromatic heterocycles. The van der Waals surface area contributed by atoms with Crippen molar-refractivity contribution in [3.05, 3.63) is 58.8 Å². The molecule has 4 aromatic rings. The van der Waals surface area contributed by atoms with Crippen LogP contribution in [0.1, 0.15) is 25.2 Å². The maximum atomic E-state index is 10.8. The molecule has 0 atom stereocenters. The van der Waals surface area contributed by atoms with Crippen LogP contribution in [0.25, 0.3) is 22.1 Å². The van der Waals surface area contributed by atoms with E-state index in [1.54, 1.807) is 18.3 Å². The number of aromatic nitrogens is 4. The van der Waals surface area contributed by atoms with Gasteiger partial charge in [-0.15, -0.1) is 0 Å². The van der Waals surface area contributed by atoms with Crippen molar-refractivity contribution >= 4 is 55.9 Å². The number of halogens is 1. The summed E-state index contributed by atoms with van der Waals surface area (Å²) in [6, 6.07) is 11.3. The molecule has 4 heterocycles. The van der Waals surface area contributed by atoms with E-state index in [-0.39, 0.29) is 14.9 Å². The van der Waals surface area contributed by atoms with Crippen molar-refractivity contribution in [2.45, 2.75) is 14.9 Å². The standard InChI is InChI=1S/C13H13N3O2.C12H12BrN3O.2CH4/c17-9-10-1-2-11-12(7-10)15-13(8-14-11)16-3-5-18-6-4-16;13-9-1-2-10-11(7-9)15-12(8-14-10)16-3-5-17-6-4-16;;/h1-2,7-9H,3-6H2;1-2,7-8H,3-6H2;2*1H4. The Labute approximate surface area is 226 Å². The molecule has 0 bridgehead atoms. The molecule has 0 unspecified atom stereocenters. The largest absolute Gasteiger partial charge is 0.378 e. The number of hydrogen-bond acceptors (Lipinski definition) is 9. The maximum Gasteiger partial charge on any atom is 0.150 e. The molecule has 0 amide bonds. The Morgan fingerprint density at radius 2 is 1.19 bits per heavy atom. The molecule has 0 spiro atoms. The highest BCUT2D eigenvalue weighted by Gasteiger charge is 2.14. The minimum atomic E-state index is 0. The van der Waals surface area contributed by atoms with Crippen molar-refractivity contribution in [2.75, 3.05) is 62.4 Å². The van der Waals surface area contributed by atoms with Gasteiger partial charge < -0.3 is 19.3 Å². The first-order chi connectivity index (χ1) is 17.2. The summed E-state index contributed by atoms with van der Waals surface area (Å²) < 4.78 is 11.7. The average molecular weight is 570 g/mol. The van der Waals surface area contributed by atoms with Crippen molar-refractivity contribution in [1.82, 2.24) is 19.9 Å². The van der Waals surface area contributed by atoms with Gasteiger partial charge in [0.05, 0.1) is 60.9 Å². The van der Waals surface area contributed by atoms with Crippen LogP contribution < -0.4 is 9.80 Å². The molecule has 0 radical (unpaired) electrons. The molecular weight excluding hydrogens is 536 g/mol. The highest BCUT2D eigenvalue weighted by molar-refractivity contribution is 9.10. The lowest BCUT2D eigenvalue weighted by Gasteiger charge is -2.27. The predicted molar refractivity (Wildman–Crippen MR) is 152 cm³/mol. The first kappa shape index (κ1) is 28.4. The minimum Gasteiger partial charge on any atom is -0.378 e. The summed E-state index contributed by atoms with van der Waals surface area (Å²) in [6.07, 6.45) is 4.43. The number of anilines is 2. The summed E-state index contributed by atoms with van der Waals surface area (Å²) in [6.45, 7) is 6.38. The first-order valence-corrected chi connectivity index (χ1v) is 12.3. The Morgan fingerprint density at radius 3 is 1.70 bits per heavy atom. The van der Waals surface area contributed by atoms with Crippen LogP contribution in [0.4, 0.5) is 11.6 Å². The molecule has 0 N–H and O–H groups in total. The zero-order valence-electron chi connectivity index (χ0n) is 19.1. The zero-order valence-corrected chi connectivity index (χ0v) is 20.7. The van der Waals surface area contributed by atoms with E-state index in [4.69, 9.17) is 9.47 Å². The summed E-state index contributed by atoms with van der Waals surface area (Å²) in [7, 11) is 0. The summed E-state index contributed by atoms with van der Waals surface area (Å²) in [5.74, 6) is 1.77. The van der Waals surface area contributed by atoms with Crippen LogP contribution in [0.2, 0.25) is 0 Å². The molecule has 37 heavy (non-hydrogen) atoms. The molecular formula is C27H33BrN6O3. The molecule has 0 saturated carbocycles. The third-order valence-corrected chi connectivity index (χ3v) is 6.34. The molecule has 2 saturated heterocycles. The molecule has 2 aromatic carbocycles. The van der Waals surface area contributed by atoms with Crippen LogP contribution in [-0.2, 0) is 9.47 Å². The lowest BCUT2D eigenvalue weighted by atomic mass is 10.2. The fraction of sp³-hybridized carbons (Fsp3) is 0.370. The van der Waals surface area contributed by atoms with Crippen LogP contribution in [0.15, 0.2) is 53.3 Å². The van der Waals surface area contributed by atoms with Crippen molar-refractivity contribution in [1.29, 1.82) is 0 Å². The van der Waals surface area contributed by atoms with Crippen molar-refractivity contribution in [3.8, 4) is 0 Å². The van der Waals surface area contributed by atoms with Gasteiger partial charge >= 0.3 is 0 Å². The van der Waals surface area contributed by atoms with E-state index in [1.165, 1.54) is 0 Å². The molecule has 9 nitrogen and oxygen atoms in total. The number of carbonyl (C=O) groups excluding carboxylic acids is 1. The number of hydrogen-bond donors (Lipinski definition) is 0. The quantitative estimate of drug-likeness (QED) is 0.323. The van der Waals surface area contributed by atoms with Crippen LogP contribution in [-0.4, -0.2) is 78.8 Å². The van der Waals surface area contributed by atoms with Gasteiger partial charge in [0, 0.05) is 36.2 Å². The zero-order chi connectivity index (χ0) is 24.0. The smallest absolute Gasteiger partial charge is 0.150 e. The topological polar surface area (TPSA) is 93.6 Å².